The van der Waals surface area contributed by atoms with E-state index in [2.05, 4.69) is 62.4 Å². The molecule has 0 heterocycles. The highest BCUT2D eigenvalue weighted by Crippen LogP contribution is 2.39. The first kappa shape index (κ1) is 10.8. The fourth-order valence-corrected chi connectivity index (χ4v) is 3.26. The molecule has 0 radical (unpaired) electrons. The Balaban J connectivity index is 2.05. The molecule has 0 atom stereocenters. The molecule has 3 aromatic rings. The zero-order chi connectivity index (χ0) is 13.0. The van der Waals surface area contributed by atoms with Gasteiger partial charge in [-0.25, -0.2) is 0 Å². The van der Waals surface area contributed by atoms with E-state index in [9.17, 15) is 0 Å². The minimum atomic E-state index is 1.08. The van der Waals surface area contributed by atoms with E-state index < -0.39 is 0 Å². The van der Waals surface area contributed by atoms with Crippen LogP contribution in [-0.4, -0.2) is 0 Å². The Bertz CT molecular complexity index is 810. The van der Waals surface area contributed by atoms with Crippen molar-refractivity contribution in [3.8, 4) is 11.1 Å². The van der Waals surface area contributed by atoms with Gasteiger partial charge in [0.1, 0.15) is 0 Å². The van der Waals surface area contributed by atoms with Crippen molar-refractivity contribution in [2.24, 2.45) is 0 Å². The van der Waals surface area contributed by atoms with Gasteiger partial charge < -0.3 is 0 Å². The zero-order valence-electron chi connectivity index (χ0n) is 11.3. The summed E-state index contributed by atoms with van der Waals surface area (Å²) in [5, 5.41) is 2.75. The summed E-state index contributed by atoms with van der Waals surface area (Å²) in [5.41, 5.74) is 8.51. The Morgan fingerprint density at radius 2 is 1.63 bits per heavy atom. The highest BCUT2D eigenvalue weighted by atomic mass is 14.2. The van der Waals surface area contributed by atoms with Crippen molar-refractivity contribution in [3.05, 3.63) is 70.8 Å². The fraction of sp³-hybridized carbons (Fsp3) is 0.158. The Kier molecular flexibility index (Phi) is 2.11. The van der Waals surface area contributed by atoms with Gasteiger partial charge in [0, 0.05) is 0 Å². The summed E-state index contributed by atoms with van der Waals surface area (Å²) in [7, 11) is 0. The molecule has 0 nitrogen and oxygen atoms in total. The Hall–Kier alpha value is -2.08. The van der Waals surface area contributed by atoms with Crippen molar-refractivity contribution in [3.63, 3.8) is 0 Å². The molecular weight excluding hydrogens is 228 g/mol. The molecule has 0 aliphatic heterocycles. The van der Waals surface area contributed by atoms with Crippen molar-refractivity contribution < 1.29 is 0 Å². The second kappa shape index (κ2) is 3.71. The number of hydrogen-bond acceptors (Lipinski definition) is 0. The van der Waals surface area contributed by atoms with Gasteiger partial charge in [-0.05, 0) is 64.9 Å². The summed E-state index contributed by atoms with van der Waals surface area (Å²) in [6, 6.07) is 18.1. The number of rotatable bonds is 0. The van der Waals surface area contributed by atoms with E-state index in [1.807, 2.05) is 0 Å². The standard InChI is InChI=1S/C19H16/c1-12-6-7-17-15(8-12)10-16-9-14-5-3-4-13(2)18(14)11-19(16)17/h3-9,11H,10H2,1-2H3. The molecule has 0 saturated carbocycles. The third kappa shape index (κ3) is 1.53. The number of aryl methyl sites for hydroxylation is 2. The van der Waals surface area contributed by atoms with Crippen LogP contribution in [0.5, 0.6) is 0 Å². The van der Waals surface area contributed by atoms with E-state index in [0.29, 0.717) is 0 Å². The molecule has 0 heteroatoms. The van der Waals surface area contributed by atoms with Crippen LogP contribution in [-0.2, 0) is 6.42 Å². The van der Waals surface area contributed by atoms with E-state index in [-0.39, 0.29) is 0 Å². The maximum Gasteiger partial charge on any atom is -0.00131 e. The number of benzene rings is 3. The maximum atomic E-state index is 2.38. The molecule has 0 amide bonds. The molecule has 92 valence electrons. The van der Waals surface area contributed by atoms with Gasteiger partial charge in [-0.2, -0.15) is 0 Å². The molecule has 19 heavy (non-hydrogen) atoms. The first-order chi connectivity index (χ1) is 9.22. The van der Waals surface area contributed by atoms with Crippen LogP contribution >= 0.6 is 0 Å². The fourth-order valence-electron chi connectivity index (χ4n) is 3.26. The normalized spacial score (nSPS) is 12.5. The predicted octanol–water partition coefficient (Wildman–Crippen LogP) is 5.03. The molecule has 0 unspecified atom stereocenters. The molecule has 4 rings (SSSR count). The van der Waals surface area contributed by atoms with E-state index in [1.54, 1.807) is 0 Å². The average molecular weight is 244 g/mol. The lowest BCUT2D eigenvalue weighted by Gasteiger charge is -2.07. The lowest BCUT2D eigenvalue weighted by Crippen LogP contribution is -1.83. The van der Waals surface area contributed by atoms with Gasteiger partial charge in [0.25, 0.3) is 0 Å². The minimum Gasteiger partial charge on any atom is -0.0614 e. The van der Waals surface area contributed by atoms with Crippen LogP contribution in [0.1, 0.15) is 22.3 Å². The van der Waals surface area contributed by atoms with Crippen LogP contribution in [0, 0.1) is 13.8 Å². The van der Waals surface area contributed by atoms with Gasteiger partial charge in [-0.15, -0.1) is 0 Å². The van der Waals surface area contributed by atoms with Crippen molar-refractivity contribution in [2.45, 2.75) is 20.3 Å². The molecule has 0 N–H and O–H groups in total. The summed E-state index contributed by atoms with van der Waals surface area (Å²) in [6.07, 6.45) is 1.08. The van der Waals surface area contributed by atoms with Crippen molar-refractivity contribution >= 4 is 10.8 Å². The summed E-state index contributed by atoms with van der Waals surface area (Å²) in [6.45, 7) is 4.36. The van der Waals surface area contributed by atoms with E-state index in [4.69, 9.17) is 0 Å². The van der Waals surface area contributed by atoms with Crippen molar-refractivity contribution in [1.82, 2.24) is 0 Å². The predicted molar refractivity (Wildman–Crippen MR) is 81.7 cm³/mol. The van der Waals surface area contributed by atoms with Crippen LogP contribution in [0.2, 0.25) is 0 Å². The lowest BCUT2D eigenvalue weighted by molar-refractivity contribution is 1.25. The van der Waals surface area contributed by atoms with Crippen LogP contribution in [0.15, 0.2) is 48.5 Å². The third-order valence-electron chi connectivity index (χ3n) is 4.25. The van der Waals surface area contributed by atoms with Crippen LogP contribution < -0.4 is 0 Å². The molecule has 0 spiro atoms. The smallest absolute Gasteiger partial charge is 0.00131 e. The highest BCUT2D eigenvalue weighted by molar-refractivity contribution is 5.93. The van der Waals surface area contributed by atoms with E-state index >= 15 is 0 Å². The van der Waals surface area contributed by atoms with Gasteiger partial charge in [0.15, 0.2) is 0 Å². The van der Waals surface area contributed by atoms with Gasteiger partial charge in [-0.1, -0.05) is 48.0 Å². The Labute approximate surface area is 113 Å². The van der Waals surface area contributed by atoms with Crippen molar-refractivity contribution in [1.29, 1.82) is 0 Å². The van der Waals surface area contributed by atoms with Crippen LogP contribution in [0.25, 0.3) is 21.9 Å². The minimum absolute atomic E-state index is 1.08. The second-order valence-electron chi connectivity index (χ2n) is 5.64. The SMILES string of the molecule is Cc1ccc2c(c1)Cc1cc3cccc(C)c3cc1-2. The summed E-state index contributed by atoms with van der Waals surface area (Å²) in [4.78, 5) is 0. The van der Waals surface area contributed by atoms with E-state index in [0.717, 1.165) is 6.42 Å². The van der Waals surface area contributed by atoms with E-state index in [1.165, 1.54) is 44.2 Å². The molecular formula is C19H16. The average Bonchev–Trinajstić information content (AvgIpc) is 2.73. The Morgan fingerprint density at radius 3 is 2.53 bits per heavy atom. The largest absolute Gasteiger partial charge is 0.0614 e. The molecule has 0 fully saturated rings. The summed E-state index contributed by atoms with van der Waals surface area (Å²) >= 11 is 0. The monoisotopic (exact) mass is 244 g/mol. The molecule has 1 aliphatic rings. The molecule has 0 aromatic heterocycles. The zero-order valence-corrected chi connectivity index (χ0v) is 11.3. The number of fused-ring (bicyclic) bond motifs is 4. The highest BCUT2D eigenvalue weighted by Gasteiger charge is 2.19. The topological polar surface area (TPSA) is 0 Å². The first-order valence-corrected chi connectivity index (χ1v) is 6.84. The van der Waals surface area contributed by atoms with Crippen LogP contribution in [0.3, 0.4) is 0 Å². The number of hydrogen-bond donors (Lipinski definition) is 0. The Morgan fingerprint density at radius 1 is 0.789 bits per heavy atom. The van der Waals surface area contributed by atoms with Gasteiger partial charge >= 0.3 is 0 Å². The summed E-state index contributed by atoms with van der Waals surface area (Å²) < 4.78 is 0. The quantitative estimate of drug-likeness (QED) is 0.407. The third-order valence-corrected chi connectivity index (χ3v) is 4.25. The van der Waals surface area contributed by atoms with Gasteiger partial charge in [-0.3, -0.25) is 0 Å². The van der Waals surface area contributed by atoms with Crippen LogP contribution in [0.4, 0.5) is 0 Å². The maximum absolute atomic E-state index is 2.38. The second-order valence-corrected chi connectivity index (χ2v) is 5.64. The lowest BCUT2D eigenvalue weighted by atomic mass is 9.98. The molecule has 1 aliphatic carbocycles. The first-order valence-electron chi connectivity index (χ1n) is 6.84. The van der Waals surface area contributed by atoms with Crippen molar-refractivity contribution in [2.75, 3.05) is 0 Å². The van der Waals surface area contributed by atoms with Gasteiger partial charge in [0.05, 0.1) is 0 Å². The molecule has 0 saturated heterocycles. The van der Waals surface area contributed by atoms with Gasteiger partial charge in [0.2, 0.25) is 0 Å². The summed E-state index contributed by atoms with van der Waals surface area (Å²) in [5.74, 6) is 0. The molecule has 0 bridgehead atoms. The molecule has 3 aromatic carbocycles.